The standard InChI is InChI=1S/C20H22N8/c1-5-27-14(3)19(13(2)25-27)15(4)28-12-18(24-26-28)16-10-22-20(23-11-16)17-8-6-7-9-21-17/h6-12,15H,5H2,1-4H3/t15-/m1/s1. The fourth-order valence-electron chi connectivity index (χ4n) is 3.44. The van der Waals surface area contributed by atoms with Crippen molar-refractivity contribution in [2.75, 3.05) is 0 Å². The average molecular weight is 374 g/mol. The zero-order valence-corrected chi connectivity index (χ0v) is 16.4. The molecule has 0 saturated heterocycles. The lowest BCUT2D eigenvalue weighted by atomic mass is 10.1. The highest BCUT2D eigenvalue weighted by atomic mass is 15.4. The topological polar surface area (TPSA) is 87.2 Å². The third-order valence-electron chi connectivity index (χ3n) is 4.90. The van der Waals surface area contributed by atoms with Crippen LogP contribution in [0.15, 0.2) is 43.0 Å². The van der Waals surface area contributed by atoms with E-state index in [1.54, 1.807) is 18.6 Å². The normalized spacial score (nSPS) is 12.3. The Kier molecular flexibility index (Phi) is 4.68. The molecular weight excluding hydrogens is 352 g/mol. The Labute approximate surface area is 163 Å². The van der Waals surface area contributed by atoms with Crippen LogP contribution >= 0.6 is 0 Å². The third-order valence-corrected chi connectivity index (χ3v) is 4.90. The second-order valence-corrected chi connectivity index (χ2v) is 6.67. The van der Waals surface area contributed by atoms with Crippen molar-refractivity contribution in [1.29, 1.82) is 0 Å². The van der Waals surface area contributed by atoms with Crippen LogP contribution in [0.4, 0.5) is 0 Å². The minimum Gasteiger partial charge on any atom is -0.270 e. The summed E-state index contributed by atoms with van der Waals surface area (Å²) in [6.45, 7) is 9.18. The van der Waals surface area contributed by atoms with Crippen LogP contribution < -0.4 is 0 Å². The molecule has 0 fully saturated rings. The molecule has 8 heteroatoms. The van der Waals surface area contributed by atoms with Crippen LogP contribution in [0.1, 0.15) is 36.8 Å². The molecule has 8 nitrogen and oxygen atoms in total. The first kappa shape index (κ1) is 18.0. The van der Waals surface area contributed by atoms with Crippen molar-refractivity contribution in [3.05, 3.63) is 59.9 Å². The van der Waals surface area contributed by atoms with E-state index in [0.29, 0.717) is 5.82 Å². The van der Waals surface area contributed by atoms with Gasteiger partial charge in [0.2, 0.25) is 0 Å². The number of aryl methyl sites for hydroxylation is 2. The maximum Gasteiger partial charge on any atom is 0.178 e. The molecule has 28 heavy (non-hydrogen) atoms. The van der Waals surface area contributed by atoms with Gasteiger partial charge in [-0.15, -0.1) is 5.10 Å². The summed E-state index contributed by atoms with van der Waals surface area (Å²) in [6, 6.07) is 5.70. The molecule has 0 aliphatic rings. The highest BCUT2D eigenvalue weighted by Crippen LogP contribution is 2.26. The van der Waals surface area contributed by atoms with Crippen LogP contribution in [0.2, 0.25) is 0 Å². The van der Waals surface area contributed by atoms with Crippen LogP contribution in [0, 0.1) is 13.8 Å². The first-order valence-corrected chi connectivity index (χ1v) is 9.28. The molecule has 0 spiro atoms. The lowest BCUT2D eigenvalue weighted by molar-refractivity contribution is 0.537. The van der Waals surface area contributed by atoms with Gasteiger partial charge in [-0.2, -0.15) is 5.10 Å². The van der Waals surface area contributed by atoms with Gasteiger partial charge in [0.25, 0.3) is 0 Å². The van der Waals surface area contributed by atoms with Crippen LogP contribution in [0.3, 0.4) is 0 Å². The van der Waals surface area contributed by atoms with Gasteiger partial charge in [-0.3, -0.25) is 9.67 Å². The van der Waals surface area contributed by atoms with E-state index < -0.39 is 0 Å². The summed E-state index contributed by atoms with van der Waals surface area (Å²) in [5.74, 6) is 0.586. The van der Waals surface area contributed by atoms with E-state index in [9.17, 15) is 0 Å². The van der Waals surface area contributed by atoms with Crippen molar-refractivity contribution in [2.45, 2.75) is 40.3 Å². The van der Waals surface area contributed by atoms with E-state index in [1.165, 1.54) is 5.56 Å². The number of nitrogens with zero attached hydrogens (tertiary/aromatic N) is 8. The van der Waals surface area contributed by atoms with Crippen molar-refractivity contribution >= 4 is 0 Å². The number of aromatic nitrogens is 8. The largest absolute Gasteiger partial charge is 0.270 e. The minimum absolute atomic E-state index is 0.0373. The second kappa shape index (κ2) is 7.30. The molecule has 0 N–H and O–H groups in total. The number of pyridine rings is 1. The van der Waals surface area contributed by atoms with Gasteiger partial charge in [-0.05, 0) is 39.8 Å². The molecule has 4 aromatic rings. The molecule has 4 rings (SSSR count). The van der Waals surface area contributed by atoms with Gasteiger partial charge in [-0.25, -0.2) is 14.6 Å². The van der Waals surface area contributed by atoms with E-state index in [0.717, 1.165) is 34.9 Å². The van der Waals surface area contributed by atoms with Crippen molar-refractivity contribution in [3.8, 4) is 22.8 Å². The summed E-state index contributed by atoms with van der Waals surface area (Å²) in [4.78, 5) is 13.1. The highest BCUT2D eigenvalue weighted by molar-refractivity contribution is 5.57. The Balaban J connectivity index is 1.60. The van der Waals surface area contributed by atoms with Gasteiger partial charge in [0.1, 0.15) is 11.4 Å². The van der Waals surface area contributed by atoms with Gasteiger partial charge in [0.05, 0.1) is 17.9 Å². The molecule has 4 heterocycles. The minimum atomic E-state index is 0.0373. The Morgan fingerprint density at radius 1 is 1.04 bits per heavy atom. The summed E-state index contributed by atoms with van der Waals surface area (Å²) >= 11 is 0. The number of hydrogen-bond donors (Lipinski definition) is 0. The maximum absolute atomic E-state index is 4.61. The van der Waals surface area contributed by atoms with E-state index in [2.05, 4.69) is 51.1 Å². The summed E-state index contributed by atoms with van der Waals surface area (Å²) < 4.78 is 3.88. The summed E-state index contributed by atoms with van der Waals surface area (Å²) in [5, 5.41) is 13.2. The molecule has 0 radical (unpaired) electrons. The first-order valence-electron chi connectivity index (χ1n) is 9.28. The van der Waals surface area contributed by atoms with Gasteiger partial charge < -0.3 is 0 Å². The monoisotopic (exact) mass is 374 g/mol. The molecule has 0 unspecified atom stereocenters. The van der Waals surface area contributed by atoms with Gasteiger partial charge in [0.15, 0.2) is 5.82 Å². The molecule has 142 valence electrons. The Morgan fingerprint density at radius 2 is 1.82 bits per heavy atom. The molecule has 0 aliphatic carbocycles. The molecule has 0 bridgehead atoms. The molecular formula is C20H22N8. The molecule has 0 aromatic carbocycles. The van der Waals surface area contributed by atoms with Crippen molar-refractivity contribution < 1.29 is 0 Å². The SMILES string of the molecule is CCn1nc(C)c([C@@H](C)n2cc(-c3cnc(-c4ccccn4)nc3)nn2)c1C. The molecule has 4 aromatic heterocycles. The van der Waals surface area contributed by atoms with E-state index >= 15 is 0 Å². The second-order valence-electron chi connectivity index (χ2n) is 6.67. The van der Waals surface area contributed by atoms with Crippen LogP contribution in [-0.4, -0.2) is 39.7 Å². The predicted molar refractivity (Wildman–Crippen MR) is 105 cm³/mol. The van der Waals surface area contributed by atoms with E-state index in [-0.39, 0.29) is 6.04 Å². The van der Waals surface area contributed by atoms with E-state index in [4.69, 9.17) is 0 Å². The van der Waals surface area contributed by atoms with Crippen molar-refractivity contribution in [3.63, 3.8) is 0 Å². The van der Waals surface area contributed by atoms with Gasteiger partial charge >= 0.3 is 0 Å². The first-order chi connectivity index (χ1) is 13.6. The highest BCUT2D eigenvalue weighted by Gasteiger charge is 2.20. The molecule has 0 amide bonds. The Hall–Kier alpha value is -3.42. The van der Waals surface area contributed by atoms with Crippen molar-refractivity contribution in [1.82, 2.24) is 39.7 Å². The zero-order valence-electron chi connectivity index (χ0n) is 16.4. The van der Waals surface area contributed by atoms with Crippen LogP contribution in [0.25, 0.3) is 22.8 Å². The van der Waals surface area contributed by atoms with Crippen molar-refractivity contribution in [2.24, 2.45) is 0 Å². The summed E-state index contributed by atoms with van der Waals surface area (Å²) in [6.07, 6.45) is 7.15. The molecule has 0 aliphatic heterocycles. The number of rotatable bonds is 5. The van der Waals surface area contributed by atoms with Gasteiger partial charge in [-0.1, -0.05) is 11.3 Å². The third kappa shape index (κ3) is 3.17. The van der Waals surface area contributed by atoms with E-state index in [1.807, 2.05) is 40.7 Å². The Bertz CT molecular complexity index is 1080. The lowest BCUT2D eigenvalue weighted by Gasteiger charge is -2.12. The van der Waals surface area contributed by atoms with Gasteiger partial charge in [0, 0.05) is 42.0 Å². The van der Waals surface area contributed by atoms with Crippen LogP contribution in [0.5, 0.6) is 0 Å². The fourth-order valence-corrected chi connectivity index (χ4v) is 3.44. The Morgan fingerprint density at radius 3 is 2.46 bits per heavy atom. The average Bonchev–Trinajstić information content (AvgIpc) is 3.33. The quantitative estimate of drug-likeness (QED) is 0.533. The summed E-state index contributed by atoms with van der Waals surface area (Å²) in [5.41, 5.74) is 5.65. The smallest absolute Gasteiger partial charge is 0.178 e. The maximum atomic E-state index is 4.61. The van der Waals surface area contributed by atoms with Crippen LogP contribution in [-0.2, 0) is 6.54 Å². The fraction of sp³-hybridized carbons (Fsp3) is 0.300. The zero-order chi connectivity index (χ0) is 19.7. The molecule has 0 saturated carbocycles. The molecule has 1 atom stereocenters. The number of hydrogen-bond acceptors (Lipinski definition) is 6. The lowest BCUT2D eigenvalue weighted by Crippen LogP contribution is -2.10. The predicted octanol–water partition coefficient (Wildman–Crippen LogP) is 3.24. The summed E-state index contributed by atoms with van der Waals surface area (Å²) in [7, 11) is 0.